The van der Waals surface area contributed by atoms with Crippen LogP contribution in [0.25, 0.3) is 0 Å². The lowest BCUT2D eigenvalue weighted by molar-refractivity contribution is -0.116. The number of anilines is 1. The normalized spacial score (nSPS) is 10.3. The van der Waals surface area contributed by atoms with Gasteiger partial charge in [-0.15, -0.1) is 0 Å². The summed E-state index contributed by atoms with van der Waals surface area (Å²) in [6.45, 7) is 0. The fraction of sp³-hybridized carbons (Fsp3) is 0.182. The topological polar surface area (TPSA) is 68.0 Å². The predicted octanol–water partition coefficient (Wildman–Crippen LogP) is 2.95. The number of aromatic nitrogens is 2. The van der Waals surface area contributed by atoms with Crippen LogP contribution in [0.2, 0.25) is 10.3 Å². The van der Waals surface area contributed by atoms with Crippen LogP contribution in [-0.2, 0) is 11.2 Å². The highest BCUT2D eigenvalue weighted by Crippen LogP contribution is 2.25. The van der Waals surface area contributed by atoms with E-state index in [1.54, 1.807) is 18.4 Å². The van der Waals surface area contributed by atoms with Crippen LogP contribution in [0.1, 0.15) is 12.2 Å². The van der Waals surface area contributed by atoms with Crippen LogP contribution in [0.5, 0.6) is 0 Å². The minimum atomic E-state index is -0.231. The Morgan fingerprint density at radius 1 is 1.33 bits per heavy atom. The Kier molecular flexibility index (Phi) is 4.17. The summed E-state index contributed by atoms with van der Waals surface area (Å²) in [6, 6.07) is 3.57. The molecule has 5 nitrogen and oxygen atoms in total. The first kappa shape index (κ1) is 12.9. The third-order valence-corrected chi connectivity index (χ3v) is 2.77. The second-order valence-electron chi connectivity index (χ2n) is 3.46. The summed E-state index contributed by atoms with van der Waals surface area (Å²) in [5.74, 6) is 0.511. The van der Waals surface area contributed by atoms with E-state index in [9.17, 15) is 4.79 Å². The minimum absolute atomic E-state index is 0.112. The third-order valence-electron chi connectivity index (χ3n) is 2.20. The molecule has 0 fully saturated rings. The number of nitrogens with one attached hydrogen (secondary N) is 1. The maximum atomic E-state index is 11.7. The highest BCUT2D eigenvalue weighted by Gasteiger charge is 2.12. The Morgan fingerprint density at radius 2 is 2.06 bits per heavy atom. The molecule has 18 heavy (non-hydrogen) atoms. The van der Waals surface area contributed by atoms with Gasteiger partial charge in [0.15, 0.2) is 10.3 Å². The molecule has 2 aromatic heterocycles. The summed E-state index contributed by atoms with van der Waals surface area (Å²) < 4.78 is 5.12. The quantitative estimate of drug-likeness (QED) is 0.877. The standard InChI is InChI=1S/C11H9Cl2N3O2/c12-10-9(11(13)15-6-14-10)16-8(17)4-3-7-2-1-5-18-7/h1-2,5-6H,3-4H2,(H,16,17). The summed E-state index contributed by atoms with van der Waals surface area (Å²) in [5, 5.41) is 2.80. The molecule has 0 aliphatic heterocycles. The molecule has 0 bridgehead atoms. The Hall–Kier alpha value is -1.59. The molecule has 0 aliphatic carbocycles. The van der Waals surface area contributed by atoms with Crippen molar-refractivity contribution in [2.45, 2.75) is 12.8 Å². The number of halogens is 2. The van der Waals surface area contributed by atoms with E-state index in [0.717, 1.165) is 5.76 Å². The molecule has 0 radical (unpaired) electrons. The molecule has 0 saturated carbocycles. The monoisotopic (exact) mass is 285 g/mol. The van der Waals surface area contributed by atoms with Gasteiger partial charge in [0.2, 0.25) is 5.91 Å². The third kappa shape index (κ3) is 3.21. The highest BCUT2D eigenvalue weighted by atomic mass is 35.5. The van der Waals surface area contributed by atoms with Crippen LogP contribution in [-0.4, -0.2) is 15.9 Å². The van der Waals surface area contributed by atoms with Gasteiger partial charge < -0.3 is 9.73 Å². The van der Waals surface area contributed by atoms with Crippen molar-refractivity contribution < 1.29 is 9.21 Å². The smallest absolute Gasteiger partial charge is 0.224 e. The van der Waals surface area contributed by atoms with Gasteiger partial charge in [0.25, 0.3) is 0 Å². The van der Waals surface area contributed by atoms with Gasteiger partial charge in [-0.3, -0.25) is 4.79 Å². The van der Waals surface area contributed by atoms with Crippen molar-refractivity contribution in [3.05, 3.63) is 40.8 Å². The Bertz CT molecular complexity index is 523. The van der Waals surface area contributed by atoms with Gasteiger partial charge in [-0.2, -0.15) is 0 Å². The number of aryl methyl sites for hydroxylation is 1. The Balaban J connectivity index is 1.95. The van der Waals surface area contributed by atoms with Crippen molar-refractivity contribution in [3.63, 3.8) is 0 Å². The molecular weight excluding hydrogens is 277 g/mol. The van der Waals surface area contributed by atoms with E-state index >= 15 is 0 Å². The number of rotatable bonds is 4. The zero-order chi connectivity index (χ0) is 13.0. The molecule has 0 spiro atoms. The lowest BCUT2D eigenvalue weighted by Gasteiger charge is -2.06. The molecule has 0 aliphatic rings. The molecule has 7 heteroatoms. The molecule has 0 atom stereocenters. The predicted molar refractivity (Wildman–Crippen MR) is 67.7 cm³/mol. The van der Waals surface area contributed by atoms with E-state index in [1.807, 2.05) is 0 Å². The molecule has 2 rings (SSSR count). The van der Waals surface area contributed by atoms with E-state index in [2.05, 4.69) is 15.3 Å². The van der Waals surface area contributed by atoms with Crippen LogP contribution < -0.4 is 5.32 Å². The van der Waals surface area contributed by atoms with E-state index in [0.29, 0.717) is 6.42 Å². The molecule has 0 unspecified atom stereocenters. The number of hydrogen-bond acceptors (Lipinski definition) is 4. The van der Waals surface area contributed by atoms with Gasteiger partial charge in [-0.05, 0) is 12.1 Å². The lowest BCUT2D eigenvalue weighted by Crippen LogP contribution is -2.13. The van der Waals surface area contributed by atoms with Gasteiger partial charge in [0.1, 0.15) is 17.8 Å². The van der Waals surface area contributed by atoms with E-state index < -0.39 is 0 Å². The number of carbonyl (C=O) groups excluding carboxylic acids is 1. The summed E-state index contributed by atoms with van der Waals surface area (Å²) in [4.78, 5) is 19.2. The van der Waals surface area contributed by atoms with E-state index in [4.69, 9.17) is 27.6 Å². The fourth-order valence-corrected chi connectivity index (χ4v) is 1.75. The second kappa shape index (κ2) is 5.84. The molecule has 1 N–H and O–H groups in total. The molecule has 0 saturated heterocycles. The van der Waals surface area contributed by atoms with Gasteiger partial charge in [-0.1, -0.05) is 23.2 Å². The zero-order valence-electron chi connectivity index (χ0n) is 9.19. The number of furan rings is 1. The maximum Gasteiger partial charge on any atom is 0.224 e. The second-order valence-corrected chi connectivity index (χ2v) is 4.17. The van der Waals surface area contributed by atoms with Gasteiger partial charge in [0, 0.05) is 12.8 Å². The molecular formula is C11H9Cl2N3O2. The number of hydrogen-bond donors (Lipinski definition) is 1. The van der Waals surface area contributed by atoms with Gasteiger partial charge in [-0.25, -0.2) is 9.97 Å². The van der Waals surface area contributed by atoms with E-state index in [-0.39, 0.29) is 28.3 Å². The van der Waals surface area contributed by atoms with E-state index in [1.165, 1.54) is 6.33 Å². The zero-order valence-corrected chi connectivity index (χ0v) is 10.7. The van der Waals surface area contributed by atoms with Crippen molar-refractivity contribution in [2.75, 3.05) is 5.32 Å². The van der Waals surface area contributed by atoms with Crippen molar-refractivity contribution in [2.24, 2.45) is 0 Å². The average Bonchev–Trinajstić information content (AvgIpc) is 2.84. The molecule has 2 aromatic rings. The summed E-state index contributed by atoms with van der Waals surface area (Å²) in [5.41, 5.74) is 0.227. The number of amides is 1. The van der Waals surface area contributed by atoms with Crippen LogP contribution in [0, 0.1) is 0 Å². The van der Waals surface area contributed by atoms with Crippen LogP contribution in [0.15, 0.2) is 29.1 Å². The Labute approximate surface area is 113 Å². The lowest BCUT2D eigenvalue weighted by atomic mass is 10.2. The average molecular weight is 286 g/mol. The van der Waals surface area contributed by atoms with Crippen molar-refractivity contribution in [1.82, 2.24) is 9.97 Å². The first-order chi connectivity index (χ1) is 8.66. The first-order valence-corrected chi connectivity index (χ1v) is 5.90. The van der Waals surface area contributed by atoms with Crippen molar-refractivity contribution in [1.29, 1.82) is 0 Å². The van der Waals surface area contributed by atoms with Crippen molar-refractivity contribution >= 4 is 34.8 Å². The maximum absolute atomic E-state index is 11.7. The van der Waals surface area contributed by atoms with Gasteiger partial charge in [0.05, 0.1) is 6.26 Å². The Morgan fingerprint density at radius 3 is 2.67 bits per heavy atom. The fourth-order valence-electron chi connectivity index (χ4n) is 1.34. The number of carbonyl (C=O) groups is 1. The number of nitrogens with zero attached hydrogens (tertiary/aromatic N) is 2. The molecule has 0 aromatic carbocycles. The molecule has 1 amide bonds. The SMILES string of the molecule is O=C(CCc1ccco1)Nc1c(Cl)ncnc1Cl. The van der Waals surface area contributed by atoms with Gasteiger partial charge >= 0.3 is 0 Å². The van der Waals surface area contributed by atoms with Crippen LogP contribution in [0.4, 0.5) is 5.69 Å². The highest BCUT2D eigenvalue weighted by molar-refractivity contribution is 6.38. The molecule has 2 heterocycles. The largest absolute Gasteiger partial charge is 0.469 e. The summed E-state index contributed by atoms with van der Waals surface area (Å²) in [7, 11) is 0. The van der Waals surface area contributed by atoms with Crippen molar-refractivity contribution in [3.8, 4) is 0 Å². The first-order valence-electron chi connectivity index (χ1n) is 5.15. The van der Waals surface area contributed by atoms with Crippen LogP contribution >= 0.6 is 23.2 Å². The summed E-state index contributed by atoms with van der Waals surface area (Å²) in [6.07, 6.45) is 3.55. The van der Waals surface area contributed by atoms with Crippen LogP contribution in [0.3, 0.4) is 0 Å². The minimum Gasteiger partial charge on any atom is -0.469 e. The summed E-state index contributed by atoms with van der Waals surface area (Å²) >= 11 is 11.6. The molecule has 94 valence electrons.